The lowest BCUT2D eigenvalue weighted by molar-refractivity contribution is 1.13. The minimum Gasteiger partial charge on any atom is -0.361 e. The molecule has 2 aromatic heterocycles. The Morgan fingerprint density at radius 2 is 1.71 bits per heavy atom. The number of aromatic nitrogens is 2. The van der Waals surface area contributed by atoms with Gasteiger partial charge >= 0.3 is 0 Å². The monoisotopic (exact) mass is 246 g/mol. The van der Waals surface area contributed by atoms with Crippen LogP contribution in [0.5, 0.6) is 0 Å². The van der Waals surface area contributed by atoms with E-state index in [1.165, 1.54) is 16.2 Å². The fourth-order valence-electron chi connectivity index (χ4n) is 1.99. The quantitative estimate of drug-likeness (QED) is 0.757. The summed E-state index contributed by atoms with van der Waals surface area (Å²) in [4.78, 5) is 6.73. The first-order valence-electron chi connectivity index (χ1n) is 6.12. The fraction of sp³-hybridized carbons (Fsp3) is 0.286. The predicted octanol–water partition coefficient (Wildman–Crippen LogP) is 3.48. The molecule has 0 aliphatic rings. The standard InChI is InChI=1S/C14H19N2P/c1-3-7-12(4-2)17(13-8-5-10-15-13)14-9-6-11-16-14/h5-11,15-16H,3-4H2,1-2H3. The second kappa shape index (κ2) is 5.88. The Hall–Kier alpha value is -1.27. The molecule has 0 aromatic carbocycles. The largest absolute Gasteiger partial charge is 0.361 e. The van der Waals surface area contributed by atoms with Gasteiger partial charge in [-0.1, -0.05) is 19.9 Å². The van der Waals surface area contributed by atoms with Crippen molar-refractivity contribution in [3.05, 3.63) is 48.0 Å². The first kappa shape index (κ1) is 12.2. The summed E-state index contributed by atoms with van der Waals surface area (Å²) in [6, 6.07) is 8.52. The Morgan fingerprint density at radius 3 is 2.06 bits per heavy atom. The molecule has 2 rings (SSSR count). The Bertz CT molecular complexity index is 420. The SMILES string of the molecule is CCC=C(CC)P(c1ccc[nH]1)c1ccc[nH]1. The van der Waals surface area contributed by atoms with E-state index in [4.69, 9.17) is 0 Å². The van der Waals surface area contributed by atoms with Crippen LogP contribution in [0.15, 0.2) is 48.0 Å². The summed E-state index contributed by atoms with van der Waals surface area (Å²) in [6.07, 6.45) is 8.59. The molecule has 90 valence electrons. The molecule has 0 spiro atoms. The number of allylic oxidation sites excluding steroid dienone is 2. The smallest absolute Gasteiger partial charge is 0.0487 e. The van der Waals surface area contributed by atoms with Gasteiger partial charge in [-0.3, -0.25) is 0 Å². The van der Waals surface area contributed by atoms with Crippen molar-refractivity contribution in [2.45, 2.75) is 26.7 Å². The first-order chi connectivity index (χ1) is 8.36. The third-order valence-electron chi connectivity index (χ3n) is 2.73. The molecule has 0 fully saturated rings. The van der Waals surface area contributed by atoms with Crippen LogP contribution in [0.4, 0.5) is 0 Å². The molecular formula is C14H19N2P. The maximum atomic E-state index is 3.37. The van der Waals surface area contributed by atoms with Gasteiger partial charge in [-0.25, -0.2) is 0 Å². The summed E-state index contributed by atoms with van der Waals surface area (Å²) in [5.74, 6) is 0. The van der Waals surface area contributed by atoms with Crippen molar-refractivity contribution in [2.75, 3.05) is 0 Å². The van der Waals surface area contributed by atoms with Crippen LogP contribution in [0.1, 0.15) is 26.7 Å². The maximum absolute atomic E-state index is 3.37. The van der Waals surface area contributed by atoms with Gasteiger partial charge in [0.15, 0.2) is 0 Å². The molecule has 3 heteroatoms. The average molecular weight is 246 g/mol. The van der Waals surface area contributed by atoms with E-state index in [0.29, 0.717) is 0 Å². The van der Waals surface area contributed by atoms with Gasteiger partial charge in [-0.15, -0.1) is 0 Å². The van der Waals surface area contributed by atoms with E-state index in [-0.39, 0.29) is 0 Å². The van der Waals surface area contributed by atoms with Gasteiger partial charge < -0.3 is 9.97 Å². The molecule has 0 saturated carbocycles. The molecule has 0 aliphatic carbocycles. The summed E-state index contributed by atoms with van der Waals surface area (Å²) < 4.78 is 0. The van der Waals surface area contributed by atoms with Crippen molar-refractivity contribution < 1.29 is 0 Å². The lowest BCUT2D eigenvalue weighted by Crippen LogP contribution is -2.14. The predicted molar refractivity (Wildman–Crippen MR) is 76.4 cm³/mol. The maximum Gasteiger partial charge on any atom is 0.0487 e. The molecule has 2 aromatic rings. The van der Waals surface area contributed by atoms with Crippen molar-refractivity contribution >= 4 is 18.8 Å². The average Bonchev–Trinajstić information content (AvgIpc) is 3.01. The van der Waals surface area contributed by atoms with E-state index in [0.717, 1.165) is 12.8 Å². The van der Waals surface area contributed by atoms with E-state index in [1.807, 2.05) is 12.4 Å². The zero-order valence-electron chi connectivity index (χ0n) is 10.4. The van der Waals surface area contributed by atoms with E-state index >= 15 is 0 Å². The van der Waals surface area contributed by atoms with Crippen molar-refractivity contribution in [1.29, 1.82) is 0 Å². The summed E-state index contributed by atoms with van der Waals surface area (Å²) in [5.41, 5.74) is 2.65. The third kappa shape index (κ3) is 2.70. The lowest BCUT2D eigenvalue weighted by atomic mass is 10.3. The van der Waals surface area contributed by atoms with Crippen LogP contribution in [0.3, 0.4) is 0 Å². The van der Waals surface area contributed by atoms with Crippen LogP contribution in [0.2, 0.25) is 0 Å². The number of nitrogens with one attached hydrogen (secondary N) is 2. The van der Waals surface area contributed by atoms with Gasteiger partial charge in [0.05, 0.1) is 0 Å². The lowest BCUT2D eigenvalue weighted by Gasteiger charge is -2.18. The van der Waals surface area contributed by atoms with Crippen LogP contribution in [0, 0.1) is 0 Å². The van der Waals surface area contributed by atoms with Crippen molar-refractivity contribution in [3.8, 4) is 0 Å². The van der Waals surface area contributed by atoms with Crippen molar-refractivity contribution in [1.82, 2.24) is 9.97 Å². The second-order valence-corrected chi connectivity index (χ2v) is 6.11. The highest BCUT2D eigenvalue weighted by Gasteiger charge is 2.18. The Labute approximate surface area is 104 Å². The summed E-state index contributed by atoms with van der Waals surface area (Å²) in [6.45, 7) is 4.44. The minimum atomic E-state index is -0.396. The highest BCUT2D eigenvalue weighted by Crippen LogP contribution is 2.43. The topological polar surface area (TPSA) is 31.6 Å². The van der Waals surface area contributed by atoms with Crippen LogP contribution in [-0.4, -0.2) is 9.97 Å². The highest BCUT2D eigenvalue weighted by atomic mass is 31.1. The van der Waals surface area contributed by atoms with Gasteiger partial charge in [0.25, 0.3) is 0 Å². The summed E-state index contributed by atoms with van der Waals surface area (Å²) >= 11 is 0. The van der Waals surface area contributed by atoms with Crippen molar-refractivity contribution in [2.24, 2.45) is 0 Å². The number of rotatable bonds is 5. The molecule has 17 heavy (non-hydrogen) atoms. The van der Waals surface area contributed by atoms with E-state index in [9.17, 15) is 0 Å². The van der Waals surface area contributed by atoms with Crippen molar-refractivity contribution in [3.63, 3.8) is 0 Å². The Kier molecular flexibility index (Phi) is 4.22. The Balaban J connectivity index is 2.41. The molecule has 0 saturated heterocycles. The first-order valence-corrected chi connectivity index (χ1v) is 7.47. The molecule has 0 atom stereocenters. The zero-order chi connectivity index (χ0) is 12.1. The van der Waals surface area contributed by atoms with Crippen LogP contribution >= 0.6 is 7.92 Å². The van der Waals surface area contributed by atoms with Gasteiger partial charge in [0.2, 0.25) is 0 Å². The molecule has 2 nitrogen and oxygen atoms in total. The van der Waals surface area contributed by atoms with E-state index in [1.54, 1.807) is 0 Å². The molecule has 2 heterocycles. The van der Waals surface area contributed by atoms with Gasteiger partial charge in [0, 0.05) is 31.2 Å². The fourth-order valence-corrected chi connectivity index (χ4v) is 4.43. The molecule has 0 amide bonds. The second-order valence-electron chi connectivity index (χ2n) is 3.90. The molecule has 2 N–H and O–H groups in total. The molecule has 0 radical (unpaired) electrons. The molecule has 0 unspecified atom stereocenters. The van der Waals surface area contributed by atoms with Crippen LogP contribution in [-0.2, 0) is 0 Å². The van der Waals surface area contributed by atoms with Gasteiger partial charge in [-0.2, -0.15) is 0 Å². The van der Waals surface area contributed by atoms with E-state index in [2.05, 4.69) is 54.2 Å². The number of hydrogen-bond donors (Lipinski definition) is 2. The third-order valence-corrected chi connectivity index (χ3v) is 5.33. The van der Waals surface area contributed by atoms with Gasteiger partial charge in [-0.05, 0) is 42.4 Å². The number of hydrogen-bond acceptors (Lipinski definition) is 0. The number of H-pyrrole nitrogens is 2. The summed E-state index contributed by atoms with van der Waals surface area (Å²) in [5, 5.41) is 1.53. The van der Waals surface area contributed by atoms with Gasteiger partial charge in [0.1, 0.15) is 0 Å². The normalized spacial score (nSPS) is 12.3. The summed E-state index contributed by atoms with van der Waals surface area (Å²) in [7, 11) is -0.396. The highest BCUT2D eigenvalue weighted by molar-refractivity contribution is 7.76. The number of aromatic amines is 2. The van der Waals surface area contributed by atoms with E-state index < -0.39 is 7.92 Å². The minimum absolute atomic E-state index is 0.396. The zero-order valence-corrected chi connectivity index (χ0v) is 11.3. The molecule has 0 aliphatic heterocycles. The molecular weight excluding hydrogens is 227 g/mol. The molecule has 0 bridgehead atoms. The van der Waals surface area contributed by atoms with Crippen LogP contribution in [0.25, 0.3) is 0 Å². The Morgan fingerprint density at radius 1 is 1.12 bits per heavy atom. The van der Waals surface area contributed by atoms with Crippen LogP contribution < -0.4 is 10.9 Å².